The summed E-state index contributed by atoms with van der Waals surface area (Å²) in [7, 11) is 0. The van der Waals surface area contributed by atoms with Gasteiger partial charge in [0.2, 0.25) is 5.88 Å². The van der Waals surface area contributed by atoms with Gasteiger partial charge >= 0.3 is 0 Å². The highest BCUT2D eigenvalue weighted by Crippen LogP contribution is 2.10. The van der Waals surface area contributed by atoms with E-state index in [1.807, 2.05) is 19.1 Å². The molecular weight excluding hydrogens is 176 g/mol. The Hall–Kier alpha value is -1.09. The van der Waals surface area contributed by atoms with Crippen LogP contribution in [0.15, 0.2) is 24.5 Å². The molecule has 0 fully saturated rings. The number of hydrogen-bond donors (Lipinski definition) is 0. The van der Waals surface area contributed by atoms with E-state index in [2.05, 4.69) is 9.97 Å². The molecule has 12 heavy (non-hydrogen) atoms. The first-order chi connectivity index (χ1) is 5.83. The van der Waals surface area contributed by atoms with Gasteiger partial charge < -0.3 is 4.74 Å². The summed E-state index contributed by atoms with van der Waals surface area (Å²) < 4.78 is 5.20. The van der Waals surface area contributed by atoms with Gasteiger partial charge in [0.05, 0.1) is 0 Å². The molecule has 0 saturated carbocycles. The molecule has 0 unspecified atom stereocenters. The van der Waals surface area contributed by atoms with E-state index in [9.17, 15) is 0 Å². The molecule has 0 N–H and O–H groups in total. The third kappa shape index (κ3) is 2.88. The molecule has 0 saturated heterocycles. The van der Waals surface area contributed by atoms with Gasteiger partial charge in [0.15, 0.2) is 0 Å². The van der Waals surface area contributed by atoms with Crippen LogP contribution in [0.2, 0.25) is 5.15 Å². The van der Waals surface area contributed by atoms with Crippen LogP contribution >= 0.6 is 11.6 Å². The highest BCUT2D eigenvalue weighted by Gasteiger charge is 1.94. The largest absolute Gasteiger partial charge is 0.473 e. The molecule has 0 radical (unpaired) electrons. The zero-order valence-corrected chi connectivity index (χ0v) is 7.45. The van der Waals surface area contributed by atoms with Gasteiger partial charge in [0.1, 0.15) is 18.1 Å². The average Bonchev–Trinajstić information content (AvgIpc) is 2.05. The number of nitrogens with zero attached hydrogens (tertiary/aromatic N) is 2. The van der Waals surface area contributed by atoms with Gasteiger partial charge in [-0.05, 0) is 6.92 Å². The van der Waals surface area contributed by atoms with Gasteiger partial charge in [-0.15, -0.1) is 0 Å². The lowest BCUT2D eigenvalue weighted by atomic mass is 10.5. The molecule has 0 atom stereocenters. The van der Waals surface area contributed by atoms with E-state index in [4.69, 9.17) is 16.3 Å². The molecule has 1 aromatic rings. The second-order valence-electron chi connectivity index (χ2n) is 2.06. The summed E-state index contributed by atoms with van der Waals surface area (Å²) in [6.45, 7) is 2.43. The molecule has 0 bridgehead atoms. The van der Waals surface area contributed by atoms with Gasteiger partial charge in [-0.25, -0.2) is 9.97 Å². The van der Waals surface area contributed by atoms with Crippen molar-refractivity contribution in [2.24, 2.45) is 0 Å². The van der Waals surface area contributed by atoms with Crippen LogP contribution in [-0.2, 0) is 0 Å². The quantitative estimate of drug-likeness (QED) is 0.533. The van der Waals surface area contributed by atoms with Crippen LogP contribution in [0.3, 0.4) is 0 Å². The number of allylic oxidation sites excluding steroid dienone is 1. The SMILES string of the molecule is CC=CCOc1cc(Cl)ncn1. The number of rotatable bonds is 3. The topological polar surface area (TPSA) is 35.0 Å². The molecule has 0 aliphatic carbocycles. The second-order valence-corrected chi connectivity index (χ2v) is 2.45. The minimum Gasteiger partial charge on any atom is -0.473 e. The number of ether oxygens (including phenoxy) is 1. The predicted octanol–water partition coefficient (Wildman–Crippen LogP) is 2.08. The summed E-state index contributed by atoms with van der Waals surface area (Å²) in [5.74, 6) is 0.494. The van der Waals surface area contributed by atoms with E-state index < -0.39 is 0 Å². The number of hydrogen-bond acceptors (Lipinski definition) is 3. The van der Waals surface area contributed by atoms with Crippen LogP contribution in [-0.4, -0.2) is 16.6 Å². The Bertz CT molecular complexity index is 276. The maximum absolute atomic E-state index is 5.61. The van der Waals surface area contributed by atoms with E-state index in [1.165, 1.54) is 6.33 Å². The maximum Gasteiger partial charge on any atom is 0.218 e. The molecule has 0 spiro atoms. The van der Waals surface area contributed by atoms with Crippen LogP contribution in [0.1, 0.15) is 6.92 Å². The van der Waals surface area contributed by atoms with Crippen LogP contribution in [0, 0.1) is 0 Å². The summed E-state index contributed by atoms with van der Waals surface area (Å²) in [6, 6.07) is 1.57. The molecule has 0 amide bonds. The smallest absolute Gasteiger partial charge is 0.218 e. The average molecular weight is 185 g/mol. The van der Waals surface area contributed by atoms with Crippen molar-refractivity contribution in [2.75, 3.05) is 6.61 Å². The molecule has 3 nitrogen and oxygen atoms in total. The molecule has 64 valence electrons. The molecule has 1 rings (SSSR count). The fourth-order valence-electron chi connectivity index (χ4n) is 0.626. The Kier molecular flexibility index (Phi) is 3.54. The molecule has 0 aromatic carbocycles. The summed E-state index contributed by atoms with van der Waals surface area (Å²) >= 11 is 5.61. The lowest BCUT2D eigenvalue weighted by Gasteiger charge is -1.99. The lowest BCUT2D eigenvalue weighted by molar-refractivity contribution is 0.347. The fourth-order valence-corrected chi connectivity index (χ4v) is 0.763. The summed E-state index contributed by atoms with van der Waals surface area (Å²) in [6.07, 6.45) is 5.16. The Labute approximate surface area is 76.1 Å². The Morgan fingerprint density at radius 1 is 1.58 bits per heavy atom. The van der Waals surface area contributed by atoms with Gasteiger partial charge in [0.25, 0.3) is 0 Å². The summed E-state index contributed by atoms with van der Waals surface area (Å²) in [5, 5.41) is 0.389. The van der Waals surface area contributed by atoms with Gasteiger partial charge in [0, 0.05) is 6.07 Å². The van der Waals surface area contributed by atoms with Crippen LogP contribution in [0.4, 0.5) is 0 Å². The third-order valence-electron chi connectivity index (χ3n) is 1.17. The number of aromatic nitrogens is 2. The second kappa shape index (κ2) is 4.72. The molecule has 4 heteroatoms. The summed E-state index contributed by atoms with van der Waals surface area (Å²) in [4.78, 5) is 7.58. The Morgan fingerprint density at radius 3 is 3.08 bits per heavy atom. The first-order valence-corrected chi connectivity index (χ1v) is 3.92. The van der Waals surface area contributed by atoms with Crippen molar-refractivity contribution in [1.82, 2.24) is 9.97 Å². The van der Waals surface area contributed by atoms with E-state index in [0.717, 1.165) is 0 Å². The fraction of sp³-hybridized carbons (Fsp3) is 0.250. The van der Waals surface area contributed by atoms with E-state index in [1.54, 1.807) is 6.07 Å². The van der Waals surface area contributed by atoms with E-state index in [-0.39, 0.29) is 0 Å². The predicted molar refractivity (Wildman–Crippen MR) is 47.4 cm³/mol. The molecule has 1 heterocycles. The Balaban J connectivity index is 2.52. The van der Waals surface area contributed by atoms with Gasteiger partial charge in [-0.3, -0.25) is 0 Å². The van der Waals surface area contributed by atoms with Gasteiger partial charge in [-0.2, -0.15) is 0 Å². The van der Waals surface area contributed by atoms with Crippen molar-refractivity contribution < 1.29 is 4.74 Å². The minimum atomic E-state index is 0.389. The first kappa shape index (κ1) is 9.00. The van der Waals surface area contributed by atoms with E-state index in [0.29, 0.717) is 17.6 Å². The van der Waals surface area contributed by atoms with Crippen molar-refractivity contribution in [3.8, 4) is 5.88 Å². The monoisotopic (exact) mass is 184 g/mol. The molecule has 0 aliphatic rings. The molecule has 1 aromatic heterocycles. The first-order valence-electron chi connectivity index (χ1n) is 3.54. The zero-order valence-electron chi connectivity index (χ0n) is 6.70. The minimum absolute atomic E-state index is 0.389. The third-order valence-corrected chi connectivity index (χ3v) is 1.38. The highest BCUT2D eigenvalue weighted by atomic mass is 35.5. The standard InChI is InChI=1S/C8H9ClN2O/c1-2-3-4-12-8-5-7(9)10-6-11-8/h2-3,5-6H,4H2,1H3. The van der Waals surface area contributed by atoms with Crippen molar-refractivity contribution >= 4 is 11.6 Å². The zero-order chi connectivity index (χ0) is 8.81. The lowest BCUT2D eigenvalue weighted by Crippen LogP contribution is -1.95. The van der Waals surface area contributed by atoms with Crippen LogP contribution in [0.5, 0.6) is 5.88 Å². The summed E-state index contributed by atoms with van der Waals surface area (Å²) in [5.41, 5.74) is 0. The molecule has 0 aliphatic heterocycles. The Morgan fingerprint density at radius 2 is 2.42 bits per heavy atom. The normalized spacial score (nSPS) is 10.5. The van der Waals surface area contributed by atoms with E-state index >= 15 is 0 Å². The van der Waals surface area contributed by atoms with Gasteiger partial charge in [-0.1, -0.05) is 23.8 Å². The maximum atomic E-state index is 5.61. The van der Waals surface area contributed by atoms with Crippen LogP contribution in [0.25, 0.3) is 0 Å². The molecular formula is C8H9ClN2O. The van der Waals surface area contributed by atoms with Crippen molar-refractivity contribution in [2.45, 2.75) is 6.92 Å². The van der Waals surface area contributed by atoms with Crippen molar-refractivity contribution in [1.29, 1.82) is 0 Å². The number of halogens is 1. The van der Waals surface area contributed by atoms with Crippen molar-refractivity contribution in [3.05, 3.63) is 29.7 Å². The van der Waals surface area contributed by atoms with Crippen molar-refractivity contribution in [3.63, 3.8) is 0 Å². The highest BCUT2D eigenvalue weighted by molar-refractivity contribution is 6.29. The van der Waals surface area contributed by atoms with Crippen LogP contribution < -0.4 is 4.74 Å².